The average Bonchev–Trinajstić information content (AvgIpc) is 2.20. The van der Waals surface area contributed by atoms with Crippen LogP contribution in [0.1, 0.15) is 10.4 Å². The molecule has 0 aliphatic carbocycles. The maximum Gasteiger partial charge on any atom is 0.252 e. The van der Waals surface area contributed by atoms with Crippen LogP contribution in [0.15, 0.2) is 11.0 Å². The molecule has 3 N–H and O–H groups in total. The molecule has 0 radical (unpaired) electrons. The van der Waals surface area contributed by atoms with Gasteiger partial charge in [-0.3, -0.25) is 4.79 Å². The molecule has 0 atom stereocenters. The number of sulfonamides is 1. The molecule has 0 heterocycles. The van der Waals surface area contributed by atoms with Gasteiger partial charge in [-0.05, 0) is 6.07 Å². The Morgan fingerprint density at radius 2 is 1.94 bits per heavy atom. The topological polar surface area (TPSA) is 89.3 Å². The van der Waals surface area contributed by atoms with Gasteiger partial charge >= 0.3 is 0 Å². The Balaban J connectivity index is 3.73. The fraction of sp³-hybridized carbons (Fsp3) is 0.125. The highest BCUT2D eigenvalue weighted by Crippen LogP contribution is 2.33. The summed E-state index contributed by atoms with van der Waals surface area (Å²) in [4.78, 5) is 10.5. The quantitative estimate of drug-likeness (QED) is 0.803. The van der Waals surface area contributed by atoms with Crippen molar-refractivity contribution < 1.29 is 17.6 Å². The van der Waals surface area contributed by atoms with E-state index in [1.54, 1.807) is 0 Å². The van der Waals surface area contributed by atoms with Crippen molar-refractivity contribution in [2.75, 3.05) is 7.05 Å². The Morgan fingerprint density at radius 1 is 1.41 bits per heavy atom. The van der Waals surface area contributed by atoms with E-state index in [2.05, 4.69) is 5.32 Å². The third kappa shape index (κ3) is 2.68. The van der Waals surface area contributed by atoms with Crippen LogP contribution in [-0.4, -0.2) is 21.4 Å². The number of carbonyl (C=O) groups excluding carboxylic acids is 1. The highest BCUT2D eigenvalue weighted by atomic mass is 35.5. The largest absolute Gasteiger partial charge is 0.355 e. The summed E-state index contributed by atoms with van der Waals surface area (Å²) in [5, 5.41) is 5.76. The zero-order valence-corrected chi connectivity index (χ0v) is 10.7. The predicted molar refractivity (Wildman–Crippen MR) is 61.2 cm³/mol. The molecule has 5 nitrogen and oxygen atoms in total. The Kier molecular flexibility index (Phi) is 3.98. The van der Waals surface area contributed by atoms with Crippen molar-refractivity contribution in [2.24, 2.45) is 5.14 Å². The van der Waals surface area contributed by atoms with Gasteiger partial charge in [0.05, 0.1) is 15.6 Å². The molecule has 0 spiro atoms. The fourth-order valence-electron chi connectivity index (χ4n) is 1.13. The first-order valence-electron chi connectivity index (χ1n) is 4.12. The molecule has 94 valence electrons. The normalized spacial score (nSPS) is 11.4. The zero-order chi connectivity index (χ0) is 13.4. The second kappa shape index (κ2) is 4.77. The van der Waals surface area contributed by atoms with Crippen LogP contribution in [0.4, 0.5) is 4.39 Å². The molecule has 0 bridgehead atoms. The van der Waals surface area contributed by atoms with Gasteiger partial charge < -0.3 is 5.32 Å². The van der Waals surface area contributed by atoms with E-state index >= 15 is 0 Å². The van der Waals surface area contributed by atoms with Crippen molar-refractivity contribution in [1.29, 1.82) is 0 Å². The van der Waals surface area contributed by atoms with Crippen molar-refractivity contribution in [2.45, 2.75) is 4.90 Å². The van der Waals surface area contributed by atoms with Crippen molar-refractivity contribution in [3.63, 3.8) is 0 Å². The van der Waals surface area contributed by atoms with E-state index < -0.39 is 36.7 Å². The van der Waals surface area contributed by atoms with E-state index in [1.807, 2.05) is 0 Å². The maximum absolute atomic E-state index is 13.4. The van der Waals surface area contributed by atoms with Crippen LogP contribution < -0.4 is 10.5 Å². The molecule has 0 aliphatic rings. The molecule has 17 heavy (non-hydrogen) atoms. The number of carbonyl (C=O) groups is 1. The van der Waals surface area contributed by atoms with Crippen LogP contribution in [0, 0.1) is 5.82 Å². The van der Waals surface area contributed by atoms with Crippen molar-refractivity contribution in [3.05, 3.63) is 27.5 Å². The summed E-state index contributed by atoms with van der Waals surface area (Å²) < 4.78 is 35.8. The summed E-state index contributed by atoms with van der Waals surface area (Å²) in [5.74, 6) is -1.85. The monoisotopic (exact) mass is 300 g/mol. The SMILES string of the molecule is CNC(=O)c1cc(F)c(Cl)c(S(N)(=O)=O)c1Cl. The number of rotatable bonds is 2. The van der Waals surface area contributed by atoms with Gasteiger partial charge in [-0.1, -0.05) is 23.2 Å². The summed E-state index contributed by atoms with van der Waals surface area (Å²) in [5.41, 5.74) is -0.361. The first-order valence-corrected chi connectivity index (χ1v) is 6.42. The van der Waals surface area contributed by atoms with E-state index in [9.17, 15) is 17.6 Å². The lowest BCUT2D eigenvalue weighted by molar-refractivity contribution is 0.0962. The van der Waals surface area contributed by atoms with Crippen LogP contribution >= 0.6 is 23.2 Å². The van der Waals surface area contributed by atoms with Crippen LogP contribution in [0.3, 0.4) is 0 Å². The van der Waals surface area contributed by atoms with E-state index in [4.69, 9.17) is 28.3 Å². The highest BCUT2D eigenvalue weighted by Gasteiger charge is 2.26. The molecule has 0 saturated heterocycles. The van der Waals surface area contributed by atoms with E-state index in [1.165, 1.54) is 7.05 Å². The molecule has 1 aromatic rings. The van der Waals surface area contributed by atoms with Gasteiger partial charge in [-0.15, -0.1) is 0 Å². The molecule has 1 amide bonds. The minimum atomic E-state index is -4.33. The summed E-state index contributed by atoms with van der Waals surface area (Å²) in [7, 11) is -3.06. The Labute approximate surface area is 107 Å². The lowest BCUT2D eigenvalue weighted by Crippen LogP contribution is -2.21. The number of amides is 1. The summed E-state index contributed by atoms with van der Waals surface area (Å²) in [6, 6.07) is 0.734. The minimum Gasteiger partial charge on any atom is -0.355 e. The Bertz CT molecular complexity index is 589. The first kappa shape index (κ1) is 14.2. The van der Waals surface area contributed by atoms with Crippen LogP contribution in [0.25, 0.3) is 0 Å². The fourth-order valence-corrected chi connectivity index (χ4v) is 2.91. The third-order valence-corrected chi connectivity index (χ3v) is 3.84. The van der Waals surface area contributed by atoms with Crippen LogP contribution in [0.2, 0.25) is 10.0 Å². The maximum atomic E-state index is 13.4. The molecular formula is C8H7Cl2FN2O3S. The highest BCUT2D eigenvalue weighted by molar-refractivity contribution is 7.89. The van der Waals surface area contributed by atoms with Gasteiger partial charge in [0.1, 0.15) is 10.7 Å². The van der Waals surface area contributed by atoms with Crippen molar-refractivity contribution >= 4 is 39.1 Å². The van der Waals surface area contributed by atoms with Crippen molar-refractivity contribution in [1.82, 2.24) is 5.32 Å². The molecule has 0 aromatic heterocycles. The Hall–Kier alpha value is -0.890. The second-order valence-electron chi connectivity index (χ2n) is 2.99. The van der Waals surface area contributed by atoms with Gasteiger partial charge in [0, 0.05) is 7.05 Å². The number of nitrogens with one attached hydrogen (secondary N) is 1. The number of halogens is 3. The molecule has 1 rings (SSSR count). The van der Waals surface area contributed by atoms with Crippen LogP contribution in [0.5, 0.6) is 0 Å². The molecule has 0 aliphatic heterocycles. The summed E-state index contributed by atoms with van der Waals surface area (Å²) in [6.45, 7) is 0. The smallest absolute Gasteiger partial charge is 0.252 e. The average molecular weight is 301 g/mol. The third-order valence-electron chi connectivity index (χ3n) is 1.87. The minimum absolute atomic E-state index is 0.361. The number of nitrogens with two attached hydrogens (primary N) is 1. The number of benzene rings is 1. The van der Waals surface area contributed by atoms with Gasteiger partial charge in [-0.25, -0.2) is 17.9 Å². The molecule has 9 heteroatoms. The zero-order valence-electron chi connectivity index (χ0n) is 8.42. The van der Waals surface area contributed by atoms with Gasteiger partial charge in [0.15, 0.2) is 0 Å². The summed E-state index contributed by atoms with van der Waals surface area (Å²) >= 11 is 11.1. The molecule has 0 saturated carbocycles. The number of hydrogen-bond donors (Lipinski definition) is 2. The summed E-state index contributed by atoms with van der Waals surface area (Å²) in [6.07, 6.45) is 0. The van der Waals surface area contributed by atoms with E-state index in [-0.39, 0.29) is 5.56 Å². The lowest BCUT2D eigenvalue weighted by atomic mass is 10.2. The molecule has 0 unspecified atom stereocenters. The predicted octanol–water partition coefficient (Wildman–Crippen LogP) is 1.14. The first-order chi connectivity index (χ1) is 7.70. The molecular weight excluding hydrogens is 294 g/mol. The second-order valence-corrected chi connectivity index (χ2v) is 5.24. The van der Waals surface area contributed by atoms with Gasteiger partial charge in [0.25, 0.3) is 5.91 Å². The van der Waals surface area contributed by atoms with Crippen LogP contribution in [-0.2, 0) is 10.0 Å². The number of hydrogen-bond acceptors (Lipinski definition) is 3. The molecule has 0 fully saturated rings. The molecule has 1 aromatic carbocycles. The van der Waals surface area contributed by atoms with Gasteiger partial charge in [0.2, 0.25) is 10.0 Å². The van der Waals surface area contributed by atoms with Gasteiger partial charge in [-0.2, -0.15) is 0 Å². The van der Waals surface area contributed by atoms with E-state index in [0.29, 0.717) is 0 Å². The van der Waals surface area contributed by atoms with E-state index in [0.717, 1.165) is 6.07 Å². The number of primary sulfonamides is 1. The standard InChI is InChI=1S/C8H7Cl2FN2O3S/c1-13-8(14)3-2-4(11)6(10)7(5(3)9)17(12,15)16/h2H,1H3,(H,13,14)(H2,12,15,16). The van der Waals surface area contributed by atoms with Crippen molar-refractivity contribution in [3.8, 4) is 0 Å². The Morgan fingerprint density at radius 3 is 2.35 bits per heavy atom. The lowest BCUT2D eigenvalue weighted by Gasteiger charge is -2.09.